The molecule has 1 aliphatic heterocycles. The van der Waals surface area contributed by atoms with E-state index in [2.05, 4.69) is 26.1 Å². The zero-order chi connectivity index (χ0) is 21.3. The van der Waals surface area contributed by atoms with Crippen LogP contribution in [0.3, 0.4) is 0 Å². The largest absolute Gasteiger partial charge is 0.484 e. The number of fused-ring (bicyclic) bond motifs is 1. The predicted octanol–water partition coefficient (Wildman–Crippen LogP) is 4.30. The van der Waals surface area contributed by atoms with E-state index in [9.17, 15) is 18.0 Å². The molecule has 10 heteroatoms. The van der Waals surface area contributed by atoms with Gasteiger partial charge in [-0.1, -0.05) is 15.9 Å². The highest BCUT2D eigenvalue weighted by Gasteiger charge is 2.32. The number of carbonyl (C=O) groups is 1. The fourth-order valence-electron chi connectivity index (χ4n) is 3.54. The van der Waals surface area contributed by atoms with Crippen molar-refractivity contribution in [2.75, 3.05) is 19.7 Å². The molecule has 0 bridgehead atoms. The molecule has 0 spiro atoms. The molecular formula is C20H18BrF3N4O2. The molecule has 3 heterocycles. The van der Waals surface area contributed by atoms with E-state index in [-0.39, 0.29) is 18.4 Å². The number of ether oxygens (including phenoxy) is 1. The second kappa shape index (κ2) is 8.25. The number of aromatic nitrogens is 3. The highest BCUT2D eigenvalue weighted by molar-refractivity contribution is 9.10. The summed E-state index contributed by atoms with van der Waals surface area (Å²) in [5.41, 5.74) is -0.414. The first-order chi connectivity index (χ1) is 14.3. The molecule has 4 rings (SSSR count). The molecule has 3 aromatic rings. The minimum Gasteiger partial charge on any atom is -0.484 e. The van der Waals surface area contributed by atoms with Gasteiger partial charge in [0.25, 0.3) is 5.91 Å². The number of carbonyl (C=O) groups excluding carboxylic acids is 1. The number of halogens is 4. The van der Waals surface area contributed by atoms with E-state index in [0.29, 0.717) is 36.7 Å². The maximum atomic E-state index is 13.1. The normalized spacial score (nSPS) is 17.3. The van der Waals surface area contributed by atoms with Crippen LogP contribution in [0.1, 0.15) is 30.1 Å². The number of alkyl halides is 3. The molecule has 1 amide bonds. The minimum absolute atomic E-state index is 0.104. The topological polar surface area (TPSA) is 59.7 Å². The number of piperidine rings is 1. The number of nitrogens with zero attached hydrogens (tertiary/aromatic N) is 4. The van der Waals surface area contributed by atoms with E-state index in [1.54, 1.807) is 17.0 Å². The average Bonchev–Trinajstić information content (AvgIpc) is 3.16. The fourth-order valence-corrected chi connectivity index (χ4v) is 3.80. The van der Waals surface area contributed by atoms with Crippen molar-refractivity contribution in [1.29, 1.82) is 0 Å². The molecule has 30 heavy (non-hydrogen) atoms. The first kappa shape index (κ1) is 20.6. The van der Waals surface area contributed by atoms with Gasteiger partial charge in [0, 0.05) is 29.7 Å². The molecule has 0 saturated carbocycles. The highest BCUT2D eigenvalue weighted by Crippen LogP contribution is 2.31. The predicted molar refractivity (Wildman–Crippen MR) is 106 cm³/mol. The number of rotatable bonds is 4. The lowest BCUT2D eigenvalue weighted by atomic mass is 9.97. The molecule has 1 atom stereocenters. The van der Waals surface area contributed by atoms with Crippen molar-refractivity contribution in [3.63, 3.8) is 0 Å². The number of benzene rings is 1. The molecule has 1 aliphatic rings. The lowest BCUT2D eigenvalue weighted by Crippen LogP contribution is -2.42. The Kier molecular flexibility index (Phi) is 5.68. The Morgan fingerprint density at radius 3 is 2.67 bits per heavy atom. The molecule has 0 unspecified atom stereocenters. The van der Waals surface area contributed by atoms with Gasteiger partial charge in [-0.2, -0.15) is 13.2 Å². The van der Waals surface area contributed by atoms with Crippen LogP contribution in [-0.4, -0.2) is 45.1 Å². The standard InChI is InChI=1S/C20H18BrF3N4O2/c21-15-4-6-16(7-5-15)30-12-18(29)27-9-1-2-13(10-27)19-26-25-17-8-3-14(11-28(17)19)20(22,23)24/h3-8,11,13H,1-2,9-10,12H2/t13-/m0/s1. The Hall–Kier alpha value is -2.62. The summed E-state index contributed by atoms with van der Waals surface area (Å²) in [6.45, 7) is 0.830. The number of pyridine rings is 1. The zero-order valence-electron chi connectivity index (χ0n) is 15.8. The van der Waals surface area contributed by atoms with Crippen LogP contribution in [-0.2, 0) is 11.0 Å². The maximum absolute atomic E-state index is 13.1. The fraction of sp³-hybridized carbons (Fsp3) is 0.350. The molecule has 1 saturated heterocycles. The molecule has 1 fully saturated rings. The van der Waals surface area contributed by atoms with Gasteiger partial charge in [-0.25, -0.2) is 0 Å². The summed E-state index contributed by atoms with van der Waals surface area (Å²) in [6.07, 6.45) is -1.99. The van der Waals surface area contributed by atoms with Crippen LogP contribution in [0.2, 0.25) is 0 Å². The van der Waals surface area contributed by atoms with Gasteiger partial charge < -0.3 is 9.64 Å². The number of likely N-dealkylation sites (tertiary alicyclic amines) is 1. The van der Waals surface area contributed by atoms with Crippen LogP contribution in [0, 0.1) is 0 Å². The molecule has 2 aromatic heterocycles. The third kappa shape index (κ3) is 4.43. The molecule has 158 valence electrons. The lowest BCUT2D eigenvalue weighted by molar-refractivity contribution is -0.138. The van der Waals surface area contributed by atoms with Crippen molar-refractivity contribution in [1.82, 2.24) is 19.5 Å². The summed E-state index contributed by atoms with van der Waals surface area (Å²) < 4.78 is 47.1. The van der Waals surface area contributed by atoms with Gasteiger partial charge in [-0.15, -0.1) is 10.2 Å². The van der Waals surface area contributed by atoms with E-state index >= 15 is 0 Å². The van der Waals surface area contributed by atoms with Crippen molar-refractivity contribution in [2.45, 2.75) is 24.9 Å². The van der Waals surface area contributed by atoms with E-state index in [1.807, 2.05) is 12.1 Å². The molecule has 0 N–H and O–H groups in total. The van der Waals surface area contributed by atoms with E-state index in [1.165, 1.54) is 10.5 Å². The van der Waals surface area contributed by atoms with Gasteiger partial charge in [-0.3, -0.25) is 9.20 Å². The van der Waals surface area contributed by atoms with Crippen molar-refractivity contribution in [2.24, 2.45) is 0 Å². The average molecular weight is 483 g/mol. The Morgan fingerprint density at radius 2 is 1.93 bits per heavy atom. The highest BCUT2D eigenvalue weighted by atomic mass is 79.9. The van der Waals surface area contributed by atoms with E-state index in [0.717, 1.165) is 23.2 Å². The van der Waals surface area contributed by atoms with E-state index < -0.39 is 11.7 Å². The smallest absolute Gasteiger partial charge is 0.417 e. The van der Waals surface area contributed by atoms with Crippen LogP contribution in [0.5, 0.6) is 5.75 Å². The molecule has 1 aromatic carbocycles. The number of amides is 1. The summed E-state index contributed by atoms with van der Waals surface area (Å²) in [7, 11) is 0. The van der Waals surface area contributed by atoms with Gasteiger partial charge in [0.1, 0.15) is 11.6 Å². The van der Waals surface area contributed by atoms with Crippen LogP contribution in [0.25, 0.3) is 5.65 Å². The summed E-state index contributed by atoms with van der Waals surface area (Å²) in [6, 6.07) is 9.46. The van der Waals surface area contributed by atoms with Crippen LogP contribution in [0.15, 0.2) is 47.1 Å². The summed E-state index contributed by atoms with van der Waals surface area (Å²) in [5.74, 6) is 0.645. The third-order valence-corrected chi connectivity index (χ3v) is 5.60. The second-order valence-corrected chi connectivity index (χ2v) is 8.04. The summed E-state index contributed by atoms with van der Waals surface area (Å²) >= 11 is 3.34. The van der Waals surface area contributed by atoms with Crippen LogP contribution >= 0.6 is 15.9 Å². The first-order valence-electron chi connectivity index (χ1n) is 9.39. The van der Waals surface area contributed by atoms with Crippen LogP contribution < -0.4 is 4.74 Å². The Morgan fingerprint density at radius 1 is 1.17 bits per heavy atom. The molecule has 0 radical (unpaired) electrons. The lowest BCUT2D eigenvalue weighted by Gasteiger charge is -2.32. The summed E-state index contributed by atoms with van der Waals surface area (Å²) in [5, 5.41) is 8.09. The van der Waals surface area contributed by atoms with Gasteiger partial charge in [-0.05, 0) is 49.2 Å². The first-order valence-corrected chi connectivity index (χ1v) is 10.2. The Balaban J connectivity index is 1.47. The zero-order valence-corrected chi connectivity index (χ0v) is 17.4. The second-order valence-electron chi connectivity index (χ2n) is 7.12. The quantitative estimate of drug-likeness (QED) is 0.556. The van der Waals surface area contributed by atoms with Gasteiger partial charge in [0.2, 0.25) is 0 Å². The van der Waals surface area contributed by atoms with Crippen molar-refractivity contribution in [3.8, 4) is 5.75 Å². The molecular weight excluding hydrogens is 465 g/mol. The molecule has 6 nitrogen and oxygen atoms in total. The SMILES string of the molecule is O=C(COc1ccc(Br)cc1)N1CCC[C@H](c2nnc3ccc(C(F)(F)F)cn23)C1. The van der Waals surface area contributed by atoms with Gasteiger partial charge in [0.05, 0.1) is 5.56 Å². The van der Waals surface area contributed by atoms with Crippen LogP contribution in [0.4, 0.5) is 13.2 Å². The maximum Gasteiger partial charge on any atom is 0.417 e. The Labute approximate surface area is 178 Å². The number of hydrogen-bond acceptors (Lipinski definition) is 4. The Bertz CT molecular complexity index is 1050. The van der Waals surface area contributed by atoms with Gasteiger partial charge in [0.15, 0.2) is 12.3 Å². The van der Waals surface area contributed by atoms with Crippen molar-refractivity contribution in [3.05, 3.63) is 58.5 Å². The van der Waals surface area contributed by atoms with Crippen molar-refractivity contribution < 1.29 is 22.7 Å². The minimum atomic E-state index is -4.45. The molecule has 0 aliphatic carbocycles. The summed E-state index contributed by atoms with van der Waals surface area (Å²) in [4.78, 5) is 14.3. The number of hydrogen-bond donors (Lipinski definition) is 0. The van der Waals surface area contributed by atoms with Gasteiger partial charge >= 0.3 is 6.18 Å². The monoisotopic (exact) mass is 482 g/mol. The van der Waals surface area contributed by atoms with E-state index in [4.69, 9.17) is 4.74 Å². The van der Waals surface area contributed by atoms with Crippen molar-refractivity contribution >= 4 is 27.5 Å². The third-order valence-electron chi connectivity index (χ3n) is 5.07.